The first-order chi connectivity index (χ1) is 6.25. The van der Waals surface area contributed by atoms with Crippen molar-refractivity contribution in [3.8, 4) is 0 Å². The summed E-state index contributed by atoms with van der Waals surface area (Å²) < 4.78 is 4.64. The number of rotatable bonds is 1. The highest BCUT2D eigenvalue weighted by atomic mass is 35.5. The predicted octanol–water partition coefficient (Wildman–Crippen LogP) is 3.74. The number of hydrogen-bond acceptors (Lipinski definition) is 2. The fraction of sp³-hybridized carbons (Fsp3) is 0.333. The molecule has 1 unspecified atom stereocenters. The molecule has 0 radical (unpaired) electrons. The molecule has 0 aliphatic carbocycles. The van der Waals surface area contributed by atoms with Crippen molar-refractivity contribution >= 4 is 37.8 Å². The molecule has 1 aromatic carbocycles. The van der Waals surface area contributed by atoms with Gasteiger partial charge in [-0.15, -0.1) is 0 Å². The quantitative estimate of drug-likeness (QED) is 0.671. The number of halogens is 1. The lowest BCUT2D eigenvalue weighted by Gasteiger charge is -2.15. The van der Waals surface area contributed by atoms with Crippen molar-refractivity contribution < 1.29 is 0 Å². The van der Waals surface area contributed by atoms with E-state index in [2.05, 4.69) is 11.3 Å². The Bertz CT molecular complexity index is 357. The van der Waals surface area contributed by atoms with E-state index in [0.717, 1.165) is 10.7 Å². The minimum atomic E-state index is 0.234. The van der Waals surface area contributed by atoms with Gasteiger partial charge < -0.3 is 0 Å². The Kier molecular flexibility index (Phi) is 2.96. The lowest BCUT2D eigenvalue weighted by Crippen LogP contribution is -2.07. The van der Waals surface area contributed by atoms with Gasteiger partial charge >= 0.3 is 0 Å². The van der Waals surface area contributed by atoms with Crippen LogP contribution in [0.4, 0.5) is 5.69 Å². The summed E-state index contributed by atoms with van der Waals surface area (Å²) >= 11 is 5.86. The molecule has 0 saturated carbocycles. The third-order valence-electron chi connectivity index (χ3n) is 1.84. The second-order valence-corrected chi connectivity index (χ2v) is 7.05. The van der Waals surface area contributed by atoms with Gasteiger partial charge in [-0.3, -0.25) is 0 Å². The molecule has 1 saturated heterocycles. The minimum absolute atomic E-state index is 0.234. The van der Waals surface area contributed by atoms with Gasteiger partial charge in [-0.25, -0.2) is 4.36 Å². The largest absolute Gasteiger partial charge is 0.217 e. The molecule has 70 valence electrons. The van der Waals surface area contributed by atoms with Gasteiger partial charge in [-0.2, -0.15) is 0 Å². The molecule has 1 aliphatic heterocycles. The van der Waals surface area contributed by atoms with Crippen LogP contribution < -0.4 is 0 Å². The normalized spacial score (nSPS) is 21.5. The first kappa shape index (κ1) is 9.56. The first-order valence-electron chi connectivity index (χ1n) is 4.08. The molecule has 0 spiro atoms. The van der Waals surface area contributed by atoms with E-state index >= 15 is 0 Å². The Morgan fingerprint density at radius 1 is 1.54 bits per heavy atom. The molecule has 13 heavy (non-hydrogen) atoms. The number of benzene rings is 1. The van der Waals surface area contributed by atoms with Crippen LogP contribution in [0.3, 0.4) is 0 Å². The van der Waals surface area contributed by atoms with Crippen LogP contribution in [0.2, 0.25) is 5.02 Å². The fourth-order valence-corrected chi connectivity index (χ4v) is 3.52. The van der Waals surface area contributed by atoms with Crippen LogP contribution in [0, 0.1) is 6.92 Å². The van der Waals surface area contributed by atoms with E-state index in [0.29, 0.717) is 0 Å². The lowest BCUT2D eigenvalue weighted by molar-refractivity contribution is 1.41. The van der Waals surface area contributed by atoms with Crippen molar-refractivity contribution in [1.29, 1.82) is 0 Å². The van der Waals surface area contributed by atoms with Crippen LogP contribution in [-0.4, -0.2) is 11.5 Å². The maximum atomic E-state index is 5.86. The topological polar surface area (TPSA) is 12.4 Å². The van der Waals surface area contributed by atoms with Gasteiger partial charge in [0.15, 0.2) is 0 Å². The third-order valence-corrected chi connectivity index (χ3v) is 5.97. The molecule has 0 amide bonds. The second-order valence-electron chi connectivity index (χ2n) is 2.87. The summed E-state index contributed by atoms with van der Waals surface area (Å²) in [7, 11) is 2.18. The summed E-state index contributed by atoms with van der Waals surface area (Å²) in [5.41, 5.74) is 2.27. The predicted molar refractivity (Wildman–Crippen MR) is 63.0 cm³/mol. The Balaban J connectivity index is 2.29. The van der Waals surface area contributed by atoms with Gasteiger partial charge in [-0.1, -0.05) is 22.4 Å². The van der Waals surface area contributed by atoms with E-state index < -0.39 is 0 Å². The maximum absolute atomic E-state index is 5.86. The van der Waals surface area contributed by atoms with E-state index in [4.69, 9.17) is 11.6 Å². The average Bonchev–Trinajstić information content (AvgIpc) is 1.99. The first-order valence-corrected chi connectivity index (χ1v) is 7.31. The highest BCUT2D eigenvalue weighted by molar-refractivity contribution is 8.72. The Labute approximate surface area is 89.4 Å². The molecular weight excluding hydrogens is 222 g/mol. The van der Waals surface area contributed by atoms with Crippen molar-refractivity contribution in [2.45, 2.75) is 6.92 Å². The zero-order chi connectivity index (χ0) is 9.26. The van der Waals surface area contributed by atoms with Crippen molar-refractivity contribution in [3.63, 3.8) is 0 Å². The highest BCUT2D eigenvalue weighted by Gasteiger charge is 2.09. The molecule has 0 N–H and O–H groups in total. The van der Waals surface area contributed by atoms with E-state index in [1.807, 2.05) is 29.0 Å². The molecule has 0 aromatic heterocycles. The summed E-state index contributed by atoms with van der Waals surface area (Å²) in [6.45, 7) is 2.05. The van der Waals surface area contributed by atoms with Gasteiger partial charge in [0.1, 0.15) is 0 Å². The standard InChI is InChI=1S/C9H10ClNS2/c1-7-6-8(10)2-3-9(7)11-13-5-4-12-13/h2-3,6H,4-5H2,1H3. The van der Waals surface area contributed by atoms with Gasteiger partial charge in [-0.05, 0) is 40.4 Å². The summed E-state index contributed by atoms with van der Waals surface area (Å²) in [6, 6.07) is 5.87. The second kappa shape index (κ2) is 4.03. The van der Waals surface area contributed by atoms with Crippen LogP contribution in [0.15, 0.2) is 22.6 Å². The molecule has 1 aliphatic rings. The molecule has 1 aromatic rings. The van der Waals surface area contributed by atoms with Crippen LogP contribution in [-0.2, 0) is 9.72 Å². The smallest absolute Gasteiger partial charge is 0.0742 e. The third kappa shape index (κ3) is 2.27. The molecule has 4 heteroatoms. The van der Waals surface area contributed by atoms with Crippen molar-refractivity contribution in [1.82, 2.24) is 0 Å². The summed E-state index contributed by atoms with van der Waals surface area (Å²) in [6.07, 6.45) is 0. The Hall–Kier alpha value is 0.01000. The van der Waals surface area contributed by atoms with Crippen molar-refractivity contribution in [3.05, 3.63) is 28.8 Å². The van der Waals surface area contributed by atoms with Crippen LogP contribution >= 0.6 is 22.4 Å². The average molecular weight is 232 g/mol. The van der Waals surface area contributed by atoms with Gasteiger partial charge in [0, 0.05) is 16.5 Å². The number of nitrogens with zero attached hydrogens (tertiary/aromatic N) is 1. The maximum Gasteiger partial charge on any atom is 0.0742 e. The molecular formula is C9H10ClNS2. The lowest BCUT2D eigenvalue weighted by atomic mass is 10.2. The molecule has 1 atom stereocenters. The summed E-state index contributed by atoms with van der Waals surface area (Å²) in [5, 5.41) is 0.793. The zero-order valence-electron chi connectivity index (χ0n) is 7.29. The van der Waals surface area contributed by atoms with Crippen molar-refractivity contribution in [2.75, 3.05) is 11.5 Å². The Morgan fingerprint density at radius 3 is 2.85 bits per heavy atom. The van der Waals surface area contributed by atoms with Crippen molar-refractivity contribution in [2.24, 2.45) is 4.36 Å². The fourth-order valence-electron chi connectivity index (χ4n) is 1.06. The molecule has 0 bridgehead atoms. The van der Waals surface area contributed by atoms with E-state index in [-0.39, 0.29) is 9.72 Å². The number of hydrogen-bond donors (Lipinski definition) is 0. The van der Waals surface area contributed by atoms with E-state index in [9.17, 15) is 0 Å². The number of aryl methyl sites for hydroxylation is 1. The van der Waals surface area contributed by atoms with Gasteiger partial charge in [0.2, 0.25) is 0 Å². The summed E-state index contributed by atoms with van der Waals surface area (Å²) in [5.74, 6) is 2.51. The zero-order valence-corrected chi connectivity index (χ0v) is 9.68. The summed E-state index contributed by atoms with van der Waals surface area (Å²) in [4.78, 5) is 0. The van der Waals surface area contributed by atoms with E-state index in [1.54, 1.807) is 0 Å². The Morgan fingerprint density at radius 2 is 2.31 bits per heavy atom. The molecule has 1 nitrogen and oxygen atoms in total. The molecule has 2 rings (SSSR count). The van der Waals surface area contributed by atoms with Gasteiger partial charge in [0.25, 0.3) is 0 Å². The highest BCUT2D eigenvalue weighted by Crippen LogP contribution is 2.29. The van der Waals surface area contributed by atoms with Gasteiger partial charge in [0.05, 0.1) is 5.69 Å². The van der Waals surface area contributed by atoms with Crippen LogP contribution in [0.1, 0.15) is 5.56 Å². The monoisotopic (exact) mass is 231 g/mol. The molecule has 1 heterocycles. The van der Waals surface area contributed by atoms with Crippen LogP contribution in [0.25, 0.3) is 0 Å². The SMILES string of the molecule is Cc1cc(Cl)ccc1N=S1CCS1. The minimum Gasteiger partial charge on any atom is -0.217 e. The van der Waals surface area contributed by atoms with E-state index in [1.165, 1.54) is 17.1 Å². The van der Waals surface area contributed by atoms with Crippen LogP contribution in [0.5, 0.6) is 0 Å². The molecule has 1 fully saturated rings.